The molecule has 166 valence electrons. The Bertz CT molecular complexity index is 725. The molecule has 1 aromatic carbocycles. The summed E-state index contributed by atoms with van der Waals surface area (Å²) >= 11 is 0. The molecule has 0 amide bonds. The number of halogens is 1. The van der Waals surface area contributed by atoms with Crippen LogP contribution in [0.15, 0.2) is 36.4 Å². The predicted octanol–water partition coefficient (Wildman–Crippen LogP) is 2.02. The Labute approximate surface area is 175 Å². The summed E-state index contributed by atoms with van der Waals surface area (Å²) in [6, 6.07) is 5.72. The summed E-state index contributed by atoms with van der Waals surface area (Å²) < 4.78 is 29.8. The molecule has 3 rings (SSSR count). The zero-order valence-electron chi connectivity index (χ0n) is 16.7. The van der Waals surface area contributed by atoms with E-state index in [1.807, 2.05) is 6.08 Å². The zero-order valence-corrected chi connectivity index (χ0v) is 16.7. The Morgan fingerprint density at radius 1 is 1.37 bits per heavy atom. The molecule has 1 heterocycles. The van der Waals surface area contributed by atoms with Crippen molar-refractivity contribution in [2.75, 3.05) is 26.4 Å². The van der Waals surface area contributed by atoms with E-state index in [1.54, 1.807) is 12.1 Å². The number of benzene rings is 1. The highest BCUT2D eigenvalue weighted by atomic mass is 19.1. The second kappa shape index (κ2) is 10.9. The Morgan fingerprint density at radius 3 is 2.97 bits per heavy atom. The average molecular weight is 424 g/mol. The Hall–Kier alpha value is -2.00. The first kappa shape index (κ1) is 22.7. The highest BCUT2D eigenvalue weighted by Crippen LogP contribution is 2.41. The van der Waals surface area contributed by atoms with Gasteiger partial charge in [0, 0.05) is 24.3 Å². The van der Waals surface area contributed by atoms with Crippen LogP contribution in [0.1, 0.15) is 19.3 Å². The molecule has 8 heteroatoms. The number of aliphatic hydroxyl groups is 2. The van der Waals surface area contributed by atoms with Gasteiger partial charge in [0.05, 0.1) is 25.4 Å². The first-order valence-corrected chi connectivity index (χ1v) is 10.3. The minimum absolute atomic E-state index is 0.0175. The smallest absolute Gasteiger partial charge is 0.329 e. The van der Waals surface area contributed by atoms with E-state index in [0.29, 0.717) is 25.4 Å². The van der Waals surface area contributed by atoms with Crippen LogP contribution >= 0.6 is 0 Å². The van der Waals surface area contributed by atoms with Gasteiger partial charge in [-0.25, -0.2) is 9.18 Å². The number of ether oxygens (including phenoxy) is 3. The molecular weight excluding hydrogens is 395 g/mol. The first-order valence-electron chi connectivity index (χ1n) is 10.3. The fourth-order valence-corrected chi connectivity index (χ4v) is 4.21. The molecule has 3 N–H and O–H groups in total. The van der Waals surface area contributed by atoms with Crippen LogP contribution < -0.4 is 4.74 Å². The molecule has 1 saturated heterocycles. The number of fused-ring (bicyclic) bond motifs is 1. The van der Waals surface area contributed by atoms with Crippen molar-refractivity contribution in [3.05, 3.63) is 42.2 Å². The lowest BCUT2D eigenvalue weighted by atomic mass is 9.87. The van der Waals surface area contributed by atoms with Crippen molar-refractivity contribution in [2.45, 2.75) is 37.6 Å². The number of aliphatic carboxylic acids is 1. The van der Waals surface area contributed by atoms with Crippen molar-refractivity contribution in [1.82, 2.24) is 0 Å². The first-order chi connectivity index (χ1) is 14.4. The molecule has 1 aliphatic carbocycles. The standard InChI is InChI=1S/C22H29FO7/c23-15-2-1-3-17(8-15)29-12-16(24)5-7-18-19-6-4-14(10-28-13-22(26)27)11-30-21(19)9-20(18)25/h1-3,5,7-8,14,16,18-21,24-25H,4,6,9-13H2,(H,26,27)/b7-5+/t14-,16-,18-,19-,20-,21+/m1/s1. The van der Waals surface area contributed by atoms with Gasteiger partial charge in [-0.15, -0.1) is 0 Å². The molecule has 2 fully saturated rings. The van der Waals surface area contributed by atoms with Crippen LogP contribution in [0.25, 0.3) is 0 Å². The van der Waals surface area contributed by atoms with E-state index in [4.69, 9.17) is 19.3 Å². The van der Waals surface area contributed by atoms with Crippen molar-refractivity contribution in [3.63, 3.8) is 0 Å². The summed E-state index contributed by atoms with van der Waals surface area (Å²) in [5, 5.41) is 29.3. The molecule has 0 aromatic heterocycles. The maximum Gasteiger partial charge on any atom is 0.329 e. The van der Waals surface area contributed by atoms with Crippen molar-refractivity contribution < 1.29 is 38.7 Å². The number of rotatable bonds is 9. The van der Waals surface area contributed by atoms with Crippen LogP contribution in [0.2, 0.25) is 0 Å². The van der Waals surface area contributed by atoms with Crippen molar-refractivity contribution >= 4 is 5.97 Å². The van der Waals surface area contributed by atoms with Crippen LogP contribution in [-0.4, -0.2) is 66.0 Å². The van der Waals surface area contributed by atoms with Crippen LogP contribution in [0.3, 0.4) is 0 Å². The topological polar surface area (TPSA) is 105 Å². The molecule has 0 spiro atoms. The lowest BCUT2D eigenvalue weighted by molar-refractivity contribution is -0.143. The molecule has 0 unspecified atom stereocenters. The normalized spacial score (nSPS) is 30.0. The number of aliphatic hydroxyl groups excluding tert-OH is 2. The molecule has 1 aliphatic heterocycles. The third kappa shape index (κ3) is 6.50. The number of hydrogen-bond acceptors (Lipinski definition) is 6. The van der Waals surface area contributed by atoms with Crippen LogP contribution in [0.5, 0.6) is 5.75 Å². The van der Waals surface area contributed by atoms with Gasteiger partial charge in [-0.2, -0.15) is 0 Å². The highest BCUT2D eigenvalue weighted by molar-refractivity contribution is 5.67. The SMILES string of the molecule is O=C(O)COC[C@H]1CC[C@@H]2[C@@H](/C=C/[C@@H](O)COc3cccc(F)c3)[C@H](O)C[C@@H]2OC1. The summed E-state index contributed by atoms with van der Waals surface area (Å²) in [7, 11) is 0. The largest absolute Gasteiger partial charge is 0.490 e. The van der Waals surface area contributed by atoms with Gasteiger partial charge < -0.3 is 29.5 Å². The number of carbonyl (C=O) groups is 1. The van der Waals surface area contributed by atoms with Gasteiger partial charge in [-0.3, -0.25) is 0 Å². The molecule has 30 heavy (non-hydrogen) atoms. The van der Waals surface area contributed by atoms with Gasteiger partial charge in [0.1, 0.15) is 30.9 Å². The number of carboxylic acids is 1. The zero-order chi connectivity index (χ0) is 21.5. The van der Waals surface area contributed by atoms with Gasteiger partial charge in [0.2, 0.25) is 0 Å². The molecule has 2 aliphatic rings. The van der Waals surface area contributed by atoms with Gasteiger partial charge in [0.25, 0.3) is 0 Å². The van der Waals surface area contributed by atoms with Crippen LogP contribution in [0.4, 0.5) is 4.39 Å². The molecular formula is C22H29FO7. The molecule has 1 saturated carbocycles. The van der Waals surface area contributed by atoms with Gasteiger partial charge in [-0.05, 0) is 30.9 Å². The average Bonchev–Trinajstić information content (AvgIpc) is 2.86. The van der Waals surface area contributed by atoms with E-state index in [1.165, 1.54) is 18.2 Å². The maximum absolute atomic E-state index is 13.2. The van der Waals surface area contributed by atoms with E-state index in [0.717, 1.165) is 12.8 Å². The van der Waals surface area contributed by atoms with Gasteiger partial charge in [-0.1, -0.05) is 18.2 Å². The minimum atomic E-state index is -0.991. The fourth-order valence-electron chi connectivity index (χ4n) is 4.21. The van der Waals surface area contributed by atoms with Crippen LogP contribution in [0, 0.1) is 23.6 Å². The summed E-state index contributed by atoms with van der Waals surface area (Å²) in [5.74, 6) is -0.944. The van der Waals surface area contributed by atoms with Gasteiger partial charge >= 0.3 is 5.97 Å². The molecule has 0 bridgehead atoms. The van der Waals surface area contributed by atoms with E-state index in [-0.39, 0.29) is 37.1 Å². The van der Waals surface area contributed by atoms with Crippen molar-refractivity contribution in [1.29, 1.82) is 0 Å². The Morgan fingerprint density at radius 2 is 2.20 bits per heavy atom. The lowest BCUT2D eigenvalue weighted by Gasteiger charge is -2.21. The summed E-state index contributed by atoms with van der Waals surface area (Å²) in [4.78, 5) is 10.6. The Balaban J connectivity index is 1.49. The third-order valence-electron chi connectivity index (χ3n) is 5.70. The third-order valence-corrected chi connectivity index (χ3v) is 5.70. The van der Waals surface area contributed by atoms with E-state index >= 15 is 0 Å². The fraction of sp³-hybridized carbons (Fsp3) is 0.591. The monoisotopic (exact) mass is 424 g/mol. The van der Waals surface area contributed by atoms with Gasteiger partial charge in [0.15, 0.2) is 0 Å². The minimum Gasteiger partial charge on any atom is -0.490 e. The van der Waals surface area contributed by atoms with Crippen LogP contribution in [-0.2, 0) is 14.3 Å². The second-order valence-corrected chi connectivity index (χ2v) is 7.99. The second-order valence-electron chi connectivity index (χ2n) is 7.99. The number of carboxylic acid groups (broad SMARTS) is 1. The van der Waals surface area contributed by atoms with E-state index in [9.17, 15) is 19.4 Å². The highest BCUT2D eigenvalue weighted by Gasteiger charge is 2.43. The molecule has 7 nitrogen and oxygen atoms in total. The Kier molecular flexibility index (Phi) is 8.21. The summed E-state index contributed by atoms with van der Waals surface area (Å²) in [6.07, 6.45) is 4.10. The summed E-state index contributed by atoms with van der Waals surface area (Å²) in [5.41, 5.74) is 0. The predicted molar refractivity (Wildman–Crippen MR) is 106 cm³/mol. The van der Waals surface area contributed by atoms with E-state index in [2.05, 4.69) is 0 Å². The van der Waals surface area contributed by atoms with E-state index < -0.39 is 24.0 Å². The summed E-state index contributed by atoms with van der Waals surface area (Å²) in [6.45, 7) is 0.484. The molecule has 0 radical (unpaired) electrons. The van der Waals surface area contributed by atoms with Crippen molar-refractivity contribution in [3.8, 4) is 5.75 Å². The molecule has 6 atom stereocenters. The molecule has 1 aromatic rings. The maximum atomic E-state index is 13.2. The quantitative estimate of drug-likeness (QED) is 0.521. The lowest BCUT2D eigenvalue weighted by Crippen LogP contribution is -2.22. The van der Waals surface area contributed by atoms with Crippen molar-refractivity contribution in [2.24, 2.45) is 17.8 Å². The number of hydrogen-bond donors (Lipinski definition) is 3.